The third kappa shape index (κ3) is 6.57. The highest BCUT2D eigenvalue weighted by Gasteiger charge is 2.26. The van der Waals surface area contributed by atoms with Crippen LogP contribution in [0.1, 0.15) is 41.6 Å². The van der Waals surface area contributed by atoms with E-state index in [0.717, 1.165) is 0 Å². The maximum absolute atomic E-state index is 12.8. The molecule has 2 amide bonds. The van der Waals surface area contributed by atoms with Crippen LogP contribution >= 0.6 is 11.8 Å². The fraction of sp³-hybridized carbons (Fsp3) is 0.280. The molecule has 0 radical (unpaired) electrons. The number of nitrogens with zero attached hydrogens (tertiary/aromatic N) is 4. The van der Waals surface area contributed by atoms with Crippen LogP contribution in [0, 0.1) is 23.0 Å². The van der Waals surface area contributed by atoms with Crippen molar-refractivity contribution < 1.29 is 14.5 Å². The monoisotopic (exact) mass is 508 g/mol. The quantitative estimate of drug-likeness (QED) is 0.168. The fourth-order valence-electron chi connectivity index (χ4n) is 3.50. The van der Waals surface area contributed by atoms with Gasteiger partial charge in [-0.15, -0.1) is 16.8 Å². The number of benzene rings is 2. The van der Waals surface area contributed by atoms with Crippen LogP contribution in [-0.2, 0) is 11.3 Å². The Balaban J connectivity index is 1.73. The normalized spacial score (nSPS) is 11.7. The summed E-state index contributed by atoms with van der Waals surface area (Å²) < 4.78 is 1.83. The van der Waals surface area contributed by atoms with E-state index < -0.39 is 11.0 Å². The number of hydrogen-bond donors (Lipinski definition) is 2. The number of amides is 2. The second kappa shape index (κ2) is 12.1. The van der Waals surface area contributed by atoms with Gasteiger partial charge in [0.15, 0.2) is 11.0 Å². The second-order valence-electron chi connectivity index (χ2n) is 8.39. The topological polar surface area (TPSA) is 132 Å². The molecule has 0 spiro atoms. The van der Waals surface area contributed by atoms with E-state index in [1.54, 1.807) is 37.3 Å². The van der Waals surface area contributed by atoms with Gasteiger partial charge in [-0.05, 0) is 36.6 Å². The lowest BCUT2D eigenvalue weighted by Crippen LogP contribution is -2.33. The summed E-state index contributed by atoms with van der Waals surface area (Å²) in [6.45, 7) is 9.87. The van der Waals surface area contributed by atoms with Crippen LogP contribution in [-0.4, -0.2) is 37.3 Å². The van der Waals surface area contributed by atoms with Gasteiger partial charge >= 0.3 is 0 Å². The van der Waals surface area contributed by atoms with Crippen LogP contribution in [0.2, 0.25) is 0 Å². The molecule has 2 N–H and O–H groups in total. The molecule has 0 aliphatic carbocycles. The second-order valence-corrected chi connectivity index (χ2v) is 9.34. The largest absolute Gasteiger partial charge is 0.342 e. The van der Waals surface area contributed by atoms with Gasteiger partial charge in [-0.2, -0.15) is 0 Å². The summed E-state index contributed by atoms with van der Waals surface area (Å²) in [5, 5.41) is 25.9. The number of aromatic nitrogens is 3. The number of nitro groups is 1. The molecule has 0 fully saturated rings. The van der Waals surface area contributed by atoms with Gasteiger partial charge in [0.2, 0.25) is 5.91 Å². The van der Waals surface area contributed by atoms with Crippen molar-refractivity contribution in [3.63, 3.8) is 0 Å². The van der Waals surface area contributed by atoms with Crippen LogP contribution in [0.5, 0.6) is 0 Å². The Kier molecular flexibility index (Phi) is 8.96. The number of thioether (sulfide) groups is 1. The lowest BCUT2D eigenvalue weighted by atomic mass is 10.0. The van der Waals surface area contributed by atoms with Crippen molar-refractivity contribution >= 4 is 35.0 Å². The average molecular weight is 509 g/mol. The van der Waals surface area contributed by atoms with Crippen LogP contribution < -0.4 is 10.6 Å². The lowest BCUT2D eigenvalue weighted by Gasteiger charge is -2.22. The molecule has 1 atom stereocenters. The van der Waals surface area contributed by atoms with E-state index in [2.05, 4.69) is 27.4 Å². The van der Waals surface area contributed by atoms with E-state index in [0.29, 0.717) is 34.3 Å². The summed E-state index contributed by atoms with van der Waals surface area (Å²) in [6, 6.07) is 12.8. The lowest BCUT2D eigenvalue weighted by molar-refractivity contribution is -0.384. The molecule has 0 aliphatic heterocycles. The van der Waals surface area contributed by atoms with Crippen LogP contribution in [0.25, 0.3) is 0 Å². The first-order valence-corrected chi connectivity index (χ1v) is 12.3. The number of nitrogens with one attached hydrogen (secondary N) is 2. The molecular formula is C25H28N6O4S. The van der Waals surface area contributed by atoms with Crippen molar-refractivity contribution in [2.45, 2.75) is 38.5 Å². The van der Waals surface area contributed by atoms with Gasteiger partial charge in [0.25, 0.3) is 11.6 Å². The highest BCUT2D eigenvalue weighted by molar-refractivity contribution is 7.99. The number of anilines is 1. The predicted molar refractivity (Wildman–Crippen MR) is 139 cm³/mol. The van der Waals surface area contributed by atoms with E-state index in [4.69, 9.17) is 0 Å². The Morgan fingerprint density at radius 1 is 1.19 bits per heavy atom. The molecule has 3 rings (SSSR count). The summed E-state index contributed by atoms with van der Waals surface area (Å²) in [5.41, 5.74) is 1.60. The molecule has 0 aliphatic rings. The number of nitro benzene ring substituents is 1. The number of rotatable bonds is 11. The molecular weight excluding hydrogens is 480 g/mol. The minimum atomic E-state index is -0.481. The standard InChI is InChI=1S/C25H28N6O4S/c1-5-13-30-23(22(16(2)3)27-24(33)18-9-7-6-8-10-18)28-29-25(30)36-15-21(32)26-20-12-11-19(31(34)35)14-17(20)4/h5-12,14,16,22H,1,13,15H2,2-4H3,(H,26,32)(H,27,33)/t22-/m0/s1. The Morgan fingerprint density at radius 2 is 1.92 bits per heavy atom. The van der Waals surface area contributed by atoms with Gasteiger partial charge in [-0.25, -0.2) is 0 Å². The molecule has 0 unspecified atom stereocenters. The van der Waals surface area contributed by atoms with Gasteiger partial charge in [-0.1, -0.05) is 49.9 Å². The molecule has 1 heterocycles. The summed E-state index contributed by atoms with van der Waals surface area (Å²) in [4.78, 5) is 35.8. The molecule has 0 saturated carbocycles. The van der Waals surface area contributed by atoms with Crippen LogP contribution in [0.4, 0.5) is 11.4 Å². The number of carbonyl (C=O) groups excluding carboxylic acids is 2. The van der Waals surface area contributed by atoms with Crippen molar-refractivity contribution in [1.29, 1.82) is 0 Å². The highest BCUT2D eigenvalue weighted by atomic mass is 32.2. The Hall–Kier alpha value is -3.99. The SMILES string of the molecule is C=CCn1c(SCC(=O)Nc2ccc([N+](=O)[O-])cc2C)nnc1[C@@H](NC(=O)c1ccccc1)C(C)C. The van der Waals surface area contributed by atoms with Gasteiger partial charge in [0.05, 0.1) is 16.7 Å². The van der Waals surface area contributed by atoms with Gasteiger partial charge in [0, 0.05) is 29.9 Å². The predicted octanol–water partition coefficient (Wildman–Crippen LogP) is 4.54. The zero-order valence-electron chi connectivity index (χ0n) is 20.3. The first-order valence-electron chi connectivity index (χ1n) is 11.3. The molecule has 1 aromatic heterocycles. The summed E-state index contributed by atoms with van der Waals surface area (Å²) in [6.07, 6.45) is 1.70. The van der Waals surface area contributed by atoms with E-state index >= 15 is 0 Å². The first kappa shape index (κ1) is 26.6. The molecule has 2 aromatic carbocycles. The summed E-state index contributed by atoms with van der Waals surface area (Å²) in [7, 11) is 0. The van der Waals surface area contributed by atoms with Crippen molar-refractivity contribution in [2.75, 3.05) is 11.1 Å². The molecule has 36 heavy (non-hydrogen) atoms. The number of allylic oxidation sites excluding steroid dienone is 1. The first-order chi connectivity index (χ1) is 17.2. The average Bonchev–Trinajstić information content (AvgIpc) is 3.24. The van der Waals surface area contributed by atoms with E-state index in [9.17, 15) is 19.7 Å². The fourth-order valence-corrected chi connectivity index (χ4v) is 4.25. The van der Waals surface area contributed by atoms with E-state index in [1.165, 1.54) is 30.0 Å². The van der Waals surface area contributed by atoms with Gasteiger partial charge in [0.1, 0.15) is 0 Å². The Morgan fingerprint density at radius 3 is 2.53 bits per heavy atom. The summed E-state index contributed by atoms with van der Waals surface area (Å²) in [5.74, 6) is 0.146. The van der Waals surface area contributed by atoms with Crippen LogP contribution in [0.3, 0.4) is 0 Å². The van der Waals surface area contributed by atoms with Crippen molar-refractivity contribution in [3.8, 4) is 0 Å². The third-order valence-electron chi connectivity index (χ3n) is 5.35. The minimum absolute atomic E-state index is 0.0247. The number of carbonyl (C=O) groups is 2. The molecule has 0 saturated heterocycles. The Labute approximate surface area is 213 Å². The minimum Gasteiger partial charge on any atom is -0.342 e. The van der Waals surface area contributed by atoms with Crippen molar-refractivity contribution in [2.24, 2.45) is 5.92 Å². The zero-order chi connectivity index (χ0) is 26.2. The molecule has 11 heteroatoms. The third-order valence-corrected chi connectivity index (χ3v) is 6.32. The maximum atomic E-state index is 12.8. The van der Waals surface area contributed by atoms with Crippen LogP contribution in [0.15, 0.2) is 66.3 Å². The molecule has 188 valence electrons. The molecule has 3 aromatic rings. The number of aryl methyl sites for hydroxylation is 1. The maximum Gasteiger partial charge on any atom is 0.269 e. The number of hydrogen-bond acceptors (Lipinski definition) is 7. The molecule has 10 nitrogen and oxygen atoms in total. The van der Waals surface area contributed by atoms with Crippen molar-refractivity contribution in [1.82, 2.24) is 20.1 Å². The van der Waals surface area contributed by atoms with E-state index in [-0.39, 0.29) is 29.2 Å². The Bertz CT molecular complexity index is 1260. The number of non-ortho nitro benzene ring substituents is 1. The highest BCUT2D eigenvalue weighted by Crippen LogP contribution is 2.26. The van der Waals surface area contributed by atoms with Gasteiger partial charge < -0.3 is 15.2 Å². The zero-order valence-corrected chi connectivity index (χ0v) is 21.1. The molecule has 0 bridgehead atoms. The smallest absolute Gasteiger partial charge is 0.269 e. The van der Waals surface area contributed by atoms with Crippen molar-refractivity contribution in [3.05, 3.63) is 88.3 Å². The van der Waals surface area contributed by atoms with E-state index in [1.807, 2.05) is 24.5 Å². The van der Waals surface area contributed by atoms with Gasteiger partial charge in [-0.3, -0.25) is 19.7 Å². The summed E-state index contributed by atoms with van der Waals surface area (Å²) >= 11 is 1.20.